The van der Waals surface area contributed by atoms with Gasteiger partial charge >= 0.3 is 11.9 Å². The summed E-state index contributed by atoms with van der Waals surface area (Å²) in [7, 11) is 0. The van der Waals surface area contributed by atoms with Crippen LogP contribution in [0.2, 0.25) is 0 Å². The van der Waals surface area contributed by atoms with Crippen LogP contribution in [0.15, 0.2) is 36.5 Å². The first-order valence-electron chi connectivity index (χ1n) is 14.7. The predicted molar refractivity (Wildman–Crippen MR) is 149 cm³/mol. The molecule has 0 aromatic carbocycles. The van der Waals surface area contributed by atoms with Gasteiger partial charge in [-0.2, -0.15) is 0 Å². The first kappa shape index (κ1) is 33.1. The predicted octanol–water partition coefficient (Wildman–Crippen LogP) is 7.15. The summed E-state index contributed by atoms with van der Waals surface area (Å²) in [6, 6.07) is 0. The summed E-state index contributed by atoms with van der Waals surface area (Å²) >= 11 is 0. The molecule has 3 atom stereocenters. The van der Waals surface area contributed by atoms with E-state index < -0.39 is 6.10 Å². The molecule has 1 N–H and O–H groups in total. The van der Waals surface area contributed by atoms with Gasteiger partial charge in [-0.3, -0.25) is 9.59 Å². The van der Waals surface area contributed by atoms with Gasteiger partial charge < -0.3 is 19.3 Å². The minimum absolute atomic E-state index is 0.0980. The normalized spacial score (nSPS) is 18.1. The minimum atomic E-state index is -0.789. The summed E-state index contributed by atoms with van der Waals surface area (Å²) in [6.07, 6.45) is 28.4. The van der Waals surface area contributed by atoms with Gasteiger partial charge in [0.25, 0.3) is 0 Å². The number of aliphatic hydroxyl groups excluding tert-OH is 1. The summed E-state index contributed by atoms with van der Waals surface area (Å²) in [4.78, 5) is 23.8. The molecule has 1 fully saturated rings. The highest BCUT2D eigenvalue weighted by Crippen LogP contribution is 2.30. The molecule has 0 saturated carbocycles. The van der Waals surface area contributed by atoms with Crippen LogP contribution >= 0.6 is 0 Å². The fourth-order valence-electron chi connectivity index (χ4n) is 3.99. The van der Waals surface area contributed by atoms with E-state index in [4.69, 9.17) is 14.2 Å². The monoisotopic (exact) mass is 520 g/mol. The van der Waals surface area contributed by atoms with E-state index in [2.05, 4.69) is 50.3 Å². The molecule has 1 heterocycles. The van der Waals surface area contributed by atoms with Crippen molar-refractivity contribution in [2.75, 3.05) is 13.2 Å². The molecule has 0 aromatic heterocycles. The second-order valence-electron chi connectivity index (χ2n) is 9.86. The van der Waals surface area contributed by atoms with Crippen molar-refractivity contribution < 1.29 is 28.9 Å². The Morgan fingerprint density at radius 3 is 2.16 bits per heavy atom. The first-order valence-corrected chi connectivity index (χ1v) is 14.7. The highest BCUT2D eigenvalue weighted by atomic mass is 16.6. The highest BCUT2D eigenvalue weighted by molar-refractivity contribution is 5.70. The Balaban J connectivity index is 1.98. The summed E-state index contributed by atoms with van der Waals surface area (Å²) in [5.41, 5.74) is 0. The van der Waals surface area contributed by atoms with E-state index in [0.717, 1.165) is 51.4 Å². The van der Waals surface area contributed by atoms with Crippen LogP contribution in [0.1, 0.15) is 117 Å². The number of esters is 2. The third kappa shape index (κ3) is 19.8. The standard InChI is InChI=1S/C31H52O6/c1-3-5-7-14-20-24-31(34)36-27(25-32)26-35-30(33)23-19-16-13-11-9-8-10-12-15-18-22-29-28(37-29)21-17-6-4-2/h8,10-11,13,15,18,27-29,32H,3-7,9,12,14,16-17,19-26H2,1-2H3/b10-8-,13-11-,18-15-/t27-,28?,29?/m0/s1. The number of rotatable bonds is 24. The molecule has 1 aliphatic rings. The second-order valence-corrected chi connectivity index (χ2v) is 9.86. The third-order valence-corrected chi connectivity index (χ3v) is 6.36. The summed E-state index contributed by atoms with van der Waals surface area (Å²) in [6.45, 7) is 3.93. The summed E-state index contributed by atoms with van der Waals surface area (Å²) < 4.78 is 16.1. The molecule has 0 radical (unpaired) electrons. The van der Waals surface area contributed by atoms with Crippen LogP contribution < -0.4 is 0 Å². The van der Waals surface area contributed by atoms with Crippen LogP contribution in [0, 0.1) is 0 Å². The number of carbonyl (C=O) groups excluding carboxylic acids is 2. The van der Waals surface area contributed by atoms with E-state index in [0.29, 0.717) is 31.5 Å². The molecule has 37 heavy (non-hydrogen) atoms. The average Bonchev–Trinajstić information content (AvgIpc) is 3.65. The van der Waals surface area contributed by atoms with E-state index in [1.807, 2.05) is 0 Å². The molecule has 0 spiro atoms. The summed E-state index contributed by atoms with van der Waals surface area (Å²) in [5, 5.41) is 9.38. The Kier molecular flexibility index (Phi) is 20.8. The Hall–Kier alpha value is -1.92. The lowest BCUT2D eigenvalue weighted by Gasteiger charge is -2.15. The fourth-order valence-corrected chi connectivity index (χ4v) is 3.99. The molecule has 0 bridgehead atoms. The number of hydrogen-bond donors (Lipinski definition) is 1. The van der Waals surface area contributed by atoms with E-state index in [9.17, 15) is 14.7 Å². The van der Waals surface area contributed by atoms with Crippen LogP contribution in [0.5, 0.6) is 0 Å². The SMILES string of the molecule is CCCCCCCC(=O)O[C@@H](CO)COC(=O)CCC/C=C\C/C=C\C/C=C\CC1OC1CCCCC. The van der Waals surface area contributed by atoms with Gasteiger partial charge in [-0.25, -0.2) is 0 Å². The molecule has 6 heteroatoms. The van der Waals surface area contributed by atoms with E-state index in [-0.39, 0.29) is 25.2 Å². The van der Waals surface area contributed by atoms with Gasteiger partial charge in [-0.1, -0.05) is 95.2 Å². The molecule has 1 saturated heterocycles. The third-order valence-electron chi connectivity index (χ3n) is 6.36. The van der Waals surface area contributed by atoms with Gasteiger partial charge in [-0.15, -0.1) is 0 Å². The van der Waals surface area contributed by atoms with Crippen LogP contribution in [0.4, 0.5) is 0 Å². The first-order chi connectivity index (χ1) is 18.1. The Morgan fingerprint density at radius 1 is 0.784 bits per heavy atom. The lowest BCUT2D eigenvalue weighted by Crippen LogP contribution is -2.28. The number of allylic oxidation sites excluding steroid dienone is 5. The molecule has 0 aromatic rings. The zero-order chi connectivity index (χ0) is 27.0. The van der Waals surface area contributed by atoms with E-state index in [1.165, 1.54) is 32.1 Å². The van der Waals surface area contributed by atoms with Gasteiger partial charge in [0.1, 0.15) is 6.61 Å². The van der Waals surface area contributed by atoms with Crippen molar-refractivity contribution in [1.82, 2.24) is 0 Å². The number of aliphatic hydroxyl groups is 1. The van der Waals surface area contributed by atoms with Gasteiger partial charge in [-0.05, 0) is 44.9 Å². The van der Waals surface area contributed by atoms with Crippen molar-refractivity contribution in [2.45, 2.75) is 135 Å². The van der Waals surface area contributed by atoms with Gasteiger partial charge in [0, 0.05) is 12.8 Å². The van der Waals surface area contributed by atoms with Crippen molar-refractivity contribution >= 4 is 11.9 Å². The number of unbranched alkanes of at least 4 members (excludes halogenated alkanes) is 7. The maximum absolute atomic E-state index is 11.9. The maximum atomic E-state index is 11.9. The molecule has 0 aliphatic carbocycles. The lowest BCUT2D eigenvalue weighted by molar-refractivity contribution is -0.161. The molecule has 1 rings (SSSR count). The maximum Gasteiger partial charge on any atom is 0.306 e. The summed E-state index contributed by atoms with van der Waals surface area (Å²) in [5.74, 6) is -0.681. The Bertz CT molecular complexity index is 669. The Morgan fingerprint density at radius 2 is 1.43 bits per heavy atom. The molecule has 0 amide bonds. The molecule has 2 unspecified atom stereocenters. The van der Waals surface area contributed by atoms with E-state index >= 15 is 0 Å². The number of hydrogen-bond acceptors (Lipinski definition) is 6. The fraction of sp³-hybridized carbons (Fsp3) is 0.742. The number of ether oxygens (including phenoxy) is 3. The lowest BCUT2D eigenvalue weighted by atomic mass is 10.1. The molecule has 1 aliphatic heterocycles. The van der Waals surface area contributed by atoms with E-state index in [1.54, 1.807) is 0 Å². The smallest absolute Gasteiger partial charge is 0.306 e. The van der Waals surface area contributed by atoms with Crippen LogP contribution in [-0.4, -0.2) is 48.6 Å². The van der Waals surface area contributed by atoms with Crippen molar-refractivity contribution in [3.63, 3.8) is 0 Å². The van der Waals surface area contributed by atoms with Gasteiger partial charge in [0.05, 0.1) is 18.8 Å². The van der Waals surface area contributed by atoms with Crippen molar-refractivity contribution in [3.8, 4) is 0 Å². The average molecular weight is 521 g/mol. The zero-order valence-corrected chi connectivity index (χ0v) is 23.4. The van der Waals surface area contributed by atoms with Crippen LogP contribution in [0.25, 0.3) is 0 Å². The molecular formula is C31H52O6. The van der Waals surface area contributed by atoms with Crippen molar-refractivity contribution in [1.29, 1.82) is 0 Å². The number of carbonyl (C=O) groups is 2. The van der Waals surface area contributed by atoms with Crippen LogP contribution in [-0.2, 0) is 23.8 Å². The Labute approximate surface area is 225 Å². The second kappa shape index (κ2) is 23.2. The molecular weight excluding hydrogens is 468 g/mol. The minimum Gasteiger partial charge on any atom is -0.462 e. The highest BCUT2D eigenvalue weighted by Gasteiger charge is 2.36. The topological polar surface area (TPSA) is 85.4 Å². The quantitative estimate of drug-likeness (QED) is 0.0629. The van der Waals surface area contributed by atoms with Crippen molar-refractivity contribution in [2.24, 2.45) is 0 Å². The number of epoxide rings is 1. The van der Waals surface area contributed by atoms with Crippen molar-refractivity contribution in [3.05, 3.63) is 36.5 Å². The molecule has 6 nitrogen and oxygen atoms in total. The zero-order valence-electron chi connectivity index (χ0n) is 23.4. The van der Waals surface area contributed by atoms with Gasteiger partial charge in [0.2, 0.25) is 0 Å². The largest absolute Gasteiger partial charge is 0.462 e. The van der Waals surface area contributed by atoms with Gasteiger partial charge in [0.15, 0.2) is 6.10 Å². The molecule has 212 valence electrons. The van der Waals surface area contributed by atoms with Crippen LogP contribution in [0.3, 0.4) is 0 Å².